The van der Waals surface area contributed by atoms with E-state index in [2.05, 4.69) is 0 Å². The Hall–Kier alpha value is -2.27. The Morgan fingerprint density at radius 2 is 1.79 bits per heavy atom. The summed E-state index contributed by atoms with van der Waals surface area (Å²) in [5.41, 5.74) is 0.0739. The van der Waals surface area contributed by atoms with Crippen molar-refractivity contribution in [3.63, 3.8) is 0 Å². The van der Waals surface area contributed by atoms with E-state index in [1.807, 2.05) is 0 Å². The molecule has 1 atom stereocenters. The molecule has 0 fully saturated rings. The Labute approximate surface area is 107 Å². The van der Waals surface area contributed by atoms with Gasteiger partial charge in [-0.1, -0.05) is 24.3 Å². The van der Waals surface area contributed by atoms with E-state index in [0.29, 0.717) is 5.56 Å². The van der Waals surface area contributed by atoms with Gasteiger partial charge in [0.05, 0.1) is 0 Å². The van der Waals surface area contributed by atoms with Gasteiger partial charge in [0.25, 0.3) is 0 Å². The molecular weight excluding hydrogens is 254 g/mol. The lowest BCUT2D eigenvalue weighted by molar-refractivity contribution is -0.147. The van der Waals surface area contributed by atoms with Crippen LogP contribution in [-0.4, -0.2) is 16.2 Å². The van der Waals surface area contributed by atoms with Crippen LogP contribution < -0.4 is 0 Å². The van der Waals surface area contributed by atoms with Gasteiger partial charge in [0, 0.05) is 5.56 Å². The van der Waals surface area contributed by atoms with Crippen molar-refractivity contribution in [1.82, 2.24) is 0 Å². The van der Waals surface area contributed by atoms with E-state index in [-0.39, 0.29) is 11.1 Å². The van der Waals surface area contributed by atoms with E-state index in [4.69, 9.17) is 5.11 Å². The van der Waals surface area contributed by atoms with Gasteiger partial charge in [-0.25, -0.2) is 13.6 Å². The predicted molar refractivity (Wildman–Crippen MR) is 64.4 cm³/mol. The fourth-order valence-corrected chi connectivity index (χ4v) is 1.85. The van der Waals surface area contributed by atoms with Crippen molar-refractivity contribution in [3.8, 4) is 11.1 Å². The van der Waals surface area contributed by atoms with Gasteiger partial charge in [-0.15, -0.1) is 0 Å². The van der Waals surface area contributed by atoms with E-state index in [1.54, 1.807) is 0 Å². The summed E-state index contributed by atoms with van der Waals surface area (Å²) in [6.45, 7) is 0. The first kappa shape index (κ1) is 13.2. The summed E-state index contributed by atoms with van der Waals surface area (Å²) in [6.07, 6.45) is -2.00. The third kappa shape index (κ3) is 2.61. The summed E-state index contributed by atoms with van der Waals surface area (Å²) in [5.74, 6) is -2.95. The number of benzene rings is 2. The number of carbonyl (C=O) groups is 1. The maximum Gasteiger partial charge on any atom is 0.337 e. The first-order valence-corrected chi connectivity index (χ1v) is 5.46. The molecule has 0 bridgehead atoms. The van der Waals surface area contributed by atoms with E-state index < -0.39 is 23.7 Å². The van der Waals surface area contributed by atoms with E-state index in [0.717, 1.165) is 12.1 Å². The number of halogens is 2. The van der Waals surface area contributed by atoms with Crippen LogP contribution in [0.2, 0.25) is 0 Å². The Balaban J connectivity index is 2.64. The van der Waals surface area contributed by atoms with Crippen LogP contribution in [0.3, 0.4) is 0 Å². The quantitative estimate of drug-likeness (QED) is 0.896. The molecule has 0 aliphatic heterocycles. The number of hydrogen-bond donors (Lipinski definition) is 2. The average molecular weight is 264 g/mol. The molecule has 5 heteroatoms. The monoisotopic (exact) mass is 264 g/mol. The first-order chi connectivity index (χ1) is 9.00. The number of carboxylic acid groups (broad SMARTS) is 1. The molecule has 0 saturated heterocycles. The van der Waals surface area contributed by atoms with Crippen LogP contribution in [0, 0.1) is 11.6 Å². The fourth-order valence-electron chi connectivity index (χ4n) is 1.85. The number of aliphatic hydroxyl groups excluding tert-OH is 1. The van der Waals surface area contributed by atoms with Gasteiger partial charge in [0.2, 0.25) is 0 Å². The second-order valence-electron chi connectivity index (χ2n) is 3.95. The minimum Gasteiger partial charge on any atom is -0.479 e. The molecule has 0 aliphatic carbocycles. The molecular formula is C14H10F2O3. The lowest BCUT2D eigenvalue weighted by Crippen LogP contribution is -2.13. The largest absolute Gasteiger partial charge is 0.479 e. The summed E-state index contributed by atoms with van der Waals surface area (Å²) in [4.78, 5) is 10.8. The third-order valence-corrected chi connectivity index (χ3v) is 2.70. The highest BCUT2D eigenvalue weighted by atomic mass is 19.1. The summed E-state index contributed by atoms with van der Waals surface area (Å²) in [5, 5.41) is 18.4. The number of hydrogen-bond acceptors (Lipinski definition) is 2. The van der Waals surface area contributed by atoms with Gasteiger partial charge >= 0.3 is 5.97 Å². The van der Waals surface area contributed by atoms with Crippen LogP contribution in [0.5, 0.6) is 0 Å². The zero-order valence-electron chi connectivity index (χ0n) is 9.68. The van der Waals surface area contributed by atoms with Crippen molar-refractivity contribution in [2.75, 3.05) is 0 Å². The van der Waals surface area contributed by atoms with Crippen LogP contribution in [0.4, 0.5) is 8.78 Å². The van der Waals surface area contributed by atoms with Crippen molar-refractivity contribution < 1.29 is 23.8 Å². The second kappa shape index (κ2) is 5.16. The molecule has 1 unspecified atom stereocenters. The minimum absolute atomic E-state index is 0.148. The van der Waals surface area contributed by atoms with Crippen molar-refractivity contribution in [3.05, 3.63) is 59.7 Å². The molecule has 0 aliphatic rings. The van der Waals surface area contributed by atoms with Gasteiger partial charge in [-0.3, -0.25) is 0 Å². The molecule has 3 nitrogen and oxygen atoms in total. The lowest BCUT2D eigenvalue weighted by Gasteiger charge is -2.13. The first-order valence-electron chi connectivity index (χ1n) is 5.46. The average Bonchev–Trinajstić information content (AvgIpc) is 2.37. The molecule has 0 saturated carbocycles. The third-order valence-electron chi connectivity index (χ3n) is 2.70. The van der Waals surface area contributed by atoms with Gasteiger partial charge < -0.3 is 10.2 Å². The predicted octanol–water partition coefficient (Wildman–Crippen LogP) is 2.75. The maximum absolute atomic E-state index is 13.7. The minimum atomic E-state index is -2.00. The van der Waals surface area contributed by atoms with Crippen LogP contribution >= 0.6 is 0 Å². The molecule has 0 amide bonds. The van der Waals surface area contributed by atoms with E-state index >= 15 is 0 Å². The smallest absolute Gasteiger partial charge is 0.337 e. The molecule has 0 heterocycles. The Kier molecular flexibility index (Phi) is 3.57. The normalized spacial score (nSPS) is 12.2. The van der Waals surface area contributed by atoms with Crippen molar-refractivity contribution in [2.24, 2.45) is 0 Å². The molecule has 0 radical (unpaired) electrons. The topological polar surface area (TPSA) is 57.5 Å². The standard InChI is InChI=1S/C14H10F2O3/c15-9-4-1-3-8(7-9)10-5-2-6-11(16)12(10)13(17)14(18)19/h1-7,13,17H,(H,18,19). The van der Waals surface area contributed by atoms with Gasteiger partial charge in [-0.2, -0.15) is 0 Å². The second-order valence-corrected chi connectivity index (χ2v) is 3.95. The number of aliphatic carboxylic acids is 1. The van der Waals surface area contributed by atoms with E-state index in [1.165, 1.54) is 30.3 Å². The lowest BCUT2D eigenvalue weighted by atomic mass is 9.95. The zero-order chi connectivity index (χ0) is 14.0. The summed E-state index contributed by atoms with van der Waals surface area (Å²) in [6, 6.07) is 9.14. The van der Waals surface area contributed by atoms with Crippen molar-refractivity contribution in [1.29, 1.82) is 0 Å². The number of aliphatic hydroxyl groups is 1. The molecule has 0 spiro atoms. The van der Waals surface area contributed by atoms with Gasteiger partial charge in [-0.05, 0) is 29.3 Å². The highest BCUT2D eigenvalue weighted by molar-refractivity contribution is 5.79. The highest BCUT2D eigenvalue weighted by Gasteiger charge is 2.24. The maximum atomic E-state index is 13.7. The molecule has 98 valence electrons. The summed E-state index contributed by atoms with van der Waals surface area (Å²) < 4.78 is 26.9. The Bertz CT molecular complexity index is 626. The Morgan fingerprint density at radius 3 is 2.42 bits per heavy atom. The molecule has 2 rings (SSSR count). The molecule has 2 N–H and O–H groups in total. The Morgan fingerprint density at radius 1 is 1.11 bits per heavy atom. The van der Waals surface area contributed by atoms with Crippen LogP contribution in [0.25, 0.3) is 11.1 Å². The van der Waals surface area contributed by atoms with E-state index in [9.17, 15) is 18.7 Å². The van der Waals surface area contributed by atoms with Gasteiger partial charge in [0.1, 0.15) is 11.6 Å². The van der Waals surface area contributed by atoms with Crippen LogP contribution in [0.1, 0.15) is 11.7 Å². The summed E-state index contributed by atoms with van der Waals surface area (Å²) >= 11 is 0. The fraction of sp³-hybridized carbons (Fsp3) is 0.0714. The SMILES string of the molecule is O=C(O)C(O)c1c(F)cccc1-c1cccc(F)c1. The molecule has 2 aromatic carbocycles. The zero-order valence-corrected chi connectivity index (χ0v) is 9.68. The van der Waals surface area contributed by atoms with Crippen molar-refractivity contribution >= 4 is 5.97 Å². The summed E-state index contributed by atoms with van der Waals surface area (Å²) in [7, 11) is 0. The highest BCUT2D eigenvalue weighted by Crippen LogP contribution is 2.31. The van der Waals surface area contributed by atoms with Crippen LogP contribution in [-0.2, 0) is 4.79 Å². The van der Waals surface area contributed by atoms with Crippen LogP contribution in [0.15, 0.2) is 42.5 Å². The number of carboxylic acids is 1. The number of rotatable bonds is 3. The van der Waals surface area contributed by atoms with Crippen molar-refractivity contribution in [2.45, 2.75) is 6.10 Å². The molecule has 2 aromatic rings. The van der Waals surface area contributed by atoms with Gasteiger partial charge in [0.15, 0.2) is 6.10 Å². The molecule has 19 heavy (non-hydrogen) atoms. The molecule has 0 aromatic heterocycles.